The van der Waals surface area contributed by atoms with Gasteiger partial charge in [0, 0.05) is 16.9 Å². The molecule has 2 N–H and O–H groups in total. The van der Waals surface area contributed by atoms with Crippen LogP contribution >= 0.6 is 0 Å². The Morgan fingerprint density at radius 1 is 0.793 bits per heavy atom. The molecule has 5 nitrogen and oxygen atoms in total. The van der Waals surface area contributed by atoms with Crippen molar-refractivity contribution < 1.29 is 23.1 Å². The molecule has 0 aromatic heterocycles. The van der Waals surface area contributed by atoms with Crippen LogP contribution in [0.3, 0.4) is 0 Å². The van der Waals surface area contributed by atoms with Crippen LogP contribution in [0.25, 0.3) is 0 Å². The smallest absolute Gasteiger partial charge is 0.261 e. The molecule has 2 amide bonds. The van der Waals surface area contributed by atoms with Gasteiger partial charge in [0.25, 0.3) is 11.8 Å². The van der Waals surface area contributed by atoms with E-state index in [2.05, 4.69) is 10.6 Å². The summed E-state index contributed by atoms with van der Waals surface area (Å²) in [4.78, 5) is 24.4. The summed E-state index contributed by atoms with van der Waals surface area (Å²) in [5.41, 5.74) is 0.597. The van der Waals surface area contributed by atoms with Gasteiger partial charge >= 0.3 is 0 Å². The molecule has 0 aliphatic rings. The SMILES string of the molecule is CCOc1ccc(NC(=O)c2ccc(NC(=O)c3c(F)cccc3F)cc2)cc1. The molecule has 0 fully saturated rings. The monoisotopic (exact) mass is 396 g/mol. The van der Waals surface area contributed by atoms with Gasteiger partial charge in [0.05, 0.1) is 6.61 Å². The Balaban J connectivity index is 1.65. The maximum Gasteiger partial charge on any atom is 0.261 e. The van der Waals surface area contributed by atoms with Gasteiger partial charge in [-0.3, -0.25) is 9.59 Å². The minimum atomic E-state index is -0.950. The van der Waals surface area contributed by atoms with Gasteiger partial charge in [0.1, 0.15) is 22.9 Å². The summed E-state index contributed by atoms with van der Waals surface area (Å²) in [5.74, 6) is -2.45. The third kappa shape index (κ3) is 4.95. The second kappa shape index (κ2) is 8.97. The molecule has 3 aromatic rings. The van der Waals surface area contributed by atoms with E-state index in [0.29, 0.717) is 29.3 Å². The molecular formula is C22H18F2N2O3. The third-order valence-corrected chi connectivity index (χ3v) is 4.02. The number of carbonyl (C=O) groups is 2. The highest BCUT2D eigenvalue weighted by Gasteiger charge is 2.17. The molecule has 0 saturated heterocycles. The second-order valence-electron chi connectivity index (χ2n) is 6.04. The summed E-state index contributed by atoms with van der Waals surface area (Å²) in [6.07, 6.45) is 0. The van der Waals surface area contributed by atoms with Crippen LogP contribution in [-0.4, -0.2) is 18.4 Å². The number of anilines is 2. The molecule has 148 valence electrons. The Morgan fingerprint density at radius 2 is 1.31 bits per heavy atom. The van der Waals surface area contributed by atoms with Crippen molar-refractivity contribution in [1.82, 2.24) is 0 Å². The predicted molar refractivity (Wildman–Crippen MR) is 106 cm³/mol. The zero-order chi connectivity index (χ0) is 20.8. The van der Waals surface area contributed by atoms with Gasteiger partial charge in [0.2, 0.25) is 0 Å². The molecule has 0 bridgehead atoms. The molecular weight excluding hydrogens is 378 g/mol. The van der Waals surface area contributed by atoms with E-state index in [9.17, 15) is 18.4 Å². The number of halogens is 2. The first-order valence-electron chi connectivity index (χ1n) is 8.87. The van der Waals surface area contributed by atoms with Crippen molar-refractivity contribution in [3.63, 3.8) is 0 Å². The largest absolute Gasteiger partial charge is 0.494 e. The lowest BCUT2D eigenvalue weighted by Gasteiger charge is -2.09. The van der Waals surface area contributed by atoms with Crippen molar-refractivity contribution in [3.8, 4) is 5.75 Å². The number of ether oxygens (including phenoxy) is 1. The molecule has 0 heterocycles. The zero-order valence-electron chi connectivity index (χ0n) is 15.5. The molecule has 0 radical (unpaired) electrons. The summed E-state index contributed by atoms with van der Waals surface area (Å²) >= 11 is 0. The minimum Gasteiger partial charge on any atom is -0.494 e. The maximum atomic E-state index is 13.7. The Hall–Kier alpha value is -3.74. The molecule has 3 rings (SSSR count). The lowest BCUT2D eigenvalue weighted by atomic mass is 10.1. The van der Waals surface area contributed by atoms with E-state index in [1.54, 1.807) is 24.3 Å². The average Bonchev–Trinajstić information content (AvgIpc) is 2.70. The summed E-state index contributed by atoms with van der Waals surface area (Å²) < 4.78 is 32.7. The highest BCUT2D eigenvalue weighted by molar-refractivity contribution is 6.06. The number of benzene rings is 3. The first-order chi connectivity index (χ1) is 14.0. The molecule has 0 unspecified atom stereocenters. The number of amides is 2. The minimum absolute atomic E-state index is 0.301. The summed E-state index contributed by atoms with van der Waals surface area (Å²) in [6.45, 7) is 2.44. The summed E-state index contributed by atoms with van der Waals surface area (Å²) in [6, 6.07) is 16.1. The molecule has 0 aliphatic heterocycles. The first kappa shape index (κ1) is 20.0. The van der Waals surface area contributed by atoms with E-state index in [0.717, 1.165) is 12.1 Å². The fourth-order valence-electron chi connectivity index (χ4n) is 2.62. The number of nitrogens with one attached hydrogen (secondary N) is 2. The van der Waals surface area contributed by atoms with E-state index < -0.39 is 23.1 Å². The first-order valence-corrected chi connectivity index (χ1v) is 8.87. The predicted octanol–water partition coefficient (Wildman–Crippen LogP) is 4.87. The fraction of sp³-hybridized carbons (Fsp3) is 0.0909. The molecule has 3 aromatic carbocycles. The van der Waals surface area contributed by atoms with Crippen molar-refractivity contribution in [3.05, 3.63) is 89.5 Å². The van der Waals surface area contributed by atoms with E-state index in [-0.39, 0.29) is 5.91 Å². The molecule has 0 aliphatic carbocycles. The molecule has 0 atom stereocenters. The zero-order valence-corrected chi connectivity index (χ0v) is 15.5. The van der Waals surface area contributed by atoms with Crippen LogP contribution in [0.1, 0.15) is 27.6 Å². The fourth-order valence-corrected chi connectivity index (χ4v) is 2.62. The lowest BCUT2D eigenvalue weighted by molar-refractivity contribution is 0.101. The van der Waals surface area contributed by atoms with Gasteiger partial charge in [-0.25, -0.2) is 8.78 Å². The second-order valence-corrected chi connectivity index (χ2v) is 6.04. The van der Waals surface area contributed by atoms with Crippen molar-refractivity contribution >= 4 is 23.2 Å². The Bertz CT molecular complexity index is 999. The number of hydrogen-bond donors (Lipinski definition) is 2. The lowest BCUT2D eigenvalue weighted by Crippen LogP contribution is -2.16. The standard InChI is InChI=1S/C22H18F2N2O3/c1-2-29-17-12-10-16(11-13-17)25-21(27)14-6-8-15(9-7-14)26-22(28)20-18(23)4-3-5-19(20)24/h3-13H,2H2,1H3,(H,25,27)(H,26,28). The van der Waals surface area contributed by atoms with Crippen LogP contribution in [-0.2, 0) is 0 Å². The van der Waals surface area contributed by atoms with Gasteiger partial charge < -0.3 is 15.4 Å². The maximum absolute atomic E-state index is 13.7. The van der Waals surface area contributed by atoms with E-state index in [4.69, 9.17) is 4.74 Å². The van der Waals surface area contributed by atoms with Crippen molar-refractivity contribution in [1.29, 1.82) is 0 Å². The van der Waals surface area contributed by atoms with Gasteiger partial charge in [-0.05, 0) is 67.6 Å². The highest BCUT2D eigenvalue weighted by atomic mass is 19.1. The molecule has 0 spiro atoms. The molecule has 0 saturated carbocycles. The quantitative estimate of drug-likeness (QED) is 0.625. The van der Waals surface area contributed by atoms with E-state index >= 15 is 0 Å². The van der Waals surface area contributed by atoms with Crippen LogP contribution < -0.4 is 15.4 Å². The van der Waals surface area contributed by atoms with Crippen LogP contribution in [0.5, 0.6) is 5.75 Å². The summed E-state index contributed by atoms with van der Waals surface area (Å²) in [5, 5.41) is 5.16. The number of carbonyl (C=O) groups excluding carboxylic acids is 2. The molecule has 29 heavy (non-hydrogen) atoms. The number of rotatable bonds is 6. The van der Waals surface area contributed by atoms with Gasteiger partial charge in [-0.1, -0.05) is 6.07 Å². The Kier molecular flexibility index (Phi) is 6.19. The van der Waals surface area contributed by atoms with Crippen LogP contribution in [0.15, 0.2) is 66.7 Å². The third-order valence-electron chi connectivity index (χ3n) is 4.02. The normalized spacial score (nSPS) is 10.3. The van der Waals surface area contributed by atoms with Crippen LogP contribution in [0, 0.1) is 11.6 Å². The van der Waals surface area contributed by atoms with Gasteiger partial charge in [-0.2, -0.15) is 0 Å². The molecule has 7 heteroatoms. The van der Waals surface area contributed by atoms with Crippen molar-refractivity contribution in [2.45, 2.75) is 6.92 Å². The van der Waals surface area contributed by atoms with E-state index in [1.807, 2.05) is 6.92 Å². The van der Waals surface area contributed by atoms with Crippen molar-refractivity contribution in [2.75, 3.05) is 17.2 Å². The Morgan fingerprint density at radius 3 is 1.86 bits per heavy atom. The van der Waals surface area contributed by atoms with Gasteiger partial charge in [-0.15, -0.1) is 0 Å². The van der Waals surface area contributed by atoms with E-state index in [1.165, 1.54) is 30.3 Å². The average molecular weight is 396 g/mol. The highest BCUT2D eigenvalue weighted by Crippen LogP contribution is 2.18. The Labute approximate surface area is 166 Å². The van der Waals surface area contributed by atoms with Crippen LogP contribution in [0.2, 0.25) is 0 Å². The van der Waals surface area contributed by atoms with Gasteiger partial charge in [0.15, 0.2) is 0 Å². The number of hydrogen-bond acceptors (Lipinski definition) is 3. The van der Waals surface area contributed by atoms with Crippen molar-refractivity contribution in [2.24, 2.45) is 0 Å². The summed E-state index contributed by atoms with van der Waals surface area (Å²) in [7, 11) is 0. The topological polar surface area (TPSA) is 67.4 Å². The van der Waals surface area contributed by atoms with Crippen LogP contribution in [0.4, 0.5) is 20.2 Å².